The summed E-state index contributed by atoms with van der Waals surface area (Å²) in [5.41, 5.74) is 8.54. The van der Waals surface area contributed by atoms with Gasteiger partial charge in [0, 0.05) is 29.4 Å². The average molecular weight is 206 g/mol. The van der Waals surface area contributed by atoms with Gasteiger partial charge in [0.2, 0.25) is 0 Å². The number of likely N-dealkylation sites (tertiary alicyclic amines) is 1. The first-order valence-electron chi connectivity index (χ1n) is 5.93. The molecule has 0 bridgehead atoms. The Morgan fingerprint density at radius 2 is 2.13 bits per heavy atom. The van der Waals surface area contributed by atoms with E-state index in [1.165, 1.54) is 25.1 Å². The van der Waals surface area contributed by atoms with Gasteiger partial charge < -0.3 is 10.6 Å². The summed E-state index contributed by atoms with van der Waals surface area (Å²) in [4.78, 5) is 2.53. The Balaban J connectivity index is 2.29. The van der Waals surface area contributed by atoms with Crippen molar-refractivity contribution in [3.05, 3.63) is 23.5 Å². The van der Waals surface area contributed by atoms with Crippen molar-refractivity contribution < 1.29 is 0 Å². The highest BCUT2D eigenvalue weighted by atomic mass is 15.2. The van der Waals surface area contributed by atoms with Gasteiger partial charge in [-0.25, -0.2) is 0 Å². The Labute approximate surface area is 92.8 Å². The van der Waals surface area contributed by atoms with Gasteiger partial charge in [-0.1, -0.05) is 6.08 Å². The van der Waals surface area contributed by atoms with E-state index in [9.17, 15) is 0 Å². The summed E-state index contributed by atoms with van der Waals surface area (Å²) >= 11 is 0. The molecule has 0 spiro atoms. The van der Waals surface area contributed by atoms with Gasteiger partial charge in [-0.3, -0.25) is 0 Å². The zero-order chi connectivity index (χ0) is 11.1. The van der Waals surface area contributed by atoms with Crippen molar-refractivity contribution in [3.8, 4) is 0 Å². The molecule has 15 heavy (non-hydrogen) atoms. The number of hydrogen-bond acceptors (Lipinski definition) is 2. The van der Waals surface area contributed by atoms with E-state index in [0.717, 1.165) is 12.1 Å². The van der Waals surface area contributed by atoms with E-state index in [2.05, 4.69) is 37.8 Å². The van der Waals surface area contributed by atoms with Crippen LogP contribution in [-0.2, 0) is 0 Å². The number of fused-ring (bicyclic) bond motifs is 1. The summed E-state index contributed by atoms with van der Waals surface area (Å²) in [6, 6.07) is 0. The molecule has 0 amide bonds. The van der Waals surface area contributed by atoms with Crippen molar-refractivity contribution in [1.29, 1.82) is 0 Å². The zero-order valence-electron chi connectivity index (χ0n) is 10.1. The minimum Gasteiger partial charge on any atom is -0.399 e. The van der Waals surface area contributed by atoms with E-state index in [0.29, 0.717) is 5.92 Å². The van der Waals surface area contributed by atoms with E-state index in [1.54, 1.807) is 0 Å². The fourth-order valence-electron chi connectivity index (χ4n) is 2.66. The molecule has 1 heterocycles. The Kier molecular flexibility index (Phi) is 2.53. The van der Waals surface area contributed by atoms with Crippen LogP contribution in [0.25, 0.3) is 0 Å². The van der Waals surface area contributed by atoms with Crippen LogP contribution in [0.1, 0.15) is 40.0 Å². The molecule has 2 heteroatoms. The van der Waals surface area contributed by atoms with Crippen LogP contribution in [-0.4, -0.2) is 17.0 Å². The summed E-state index contributed by atoms with van der Waals surface area (Å²) in [5, 5.41) is 0. The molecule has 1 unspecified atom stereocenters. The summed E-state index contributed by atoms with van der Waals surface area (Å²) in [6.45, 7) is 8.03. The number of nitrogens with two attached hydrogens (primary N) is 1. The minimum absolute atomic E-state index is 0.224. The van der Waals surface area contributed by atoms with Gasteiger partial charge in [0.1, 0.15) is 0 Å². The Morgan fingerprint density at radius 1 is 1.40 bits per heavy atom. The van der Waals surface area contributed by atoms with Gasteiger partial charge >= 0.3 is 0 Å². The van der Waals surface area contributed by atoms with Gasteiger partial charge in [-0.05, 0) is 46.1 Å². The molecule has 1 aliphatic heterocycles. The Hall–Kier alpha value is -0.920. The van der Waals surface area contributed by atoms with Crippen molar-refractivity contribution in [1.82, 2.24) is 4.90 Å². The molecule has 1 fully saturated rings. The normalized spacial score (nSPS) is 26.9. The number of rotatable bonds is 0. The summed E-state index contributed by atoms with van der Waals surface area (Å²) in [7, 11) is 0. The molecule has 0 radical (unpaired) electrons. The quantitative estimate of drug-likeness (QED) is 0.660. The maximum atomic E-state index is 5.91. The molecule has 1 aliphatic carbocycles. The summed E-state index contributed by atoms with van der Waals surface area (Å²) in [5.74, 6) is 0.713. The number of nitrogens with zero attached hydrogens (tertiary/aromatic N) is 1. The van der Waals surface area contributed by atoms with Crippen LogP contribution in [0, 0.1) is 5.92 Å². The van der Waals surface area contributed by atoms with Gasteiger partial charge in [0.05, 0.1) is 0 Å². The number of piperidine rings is 1. The van der Waals surface area contributed by atoms with E-state index in [1.807, 2.05) is 0 Å². The van der Waals surface area contributed by atoms with Crippen LogP contribution in [0.15, 0.2) is 23.5 Å². The molecule has 0 saturated carbocycles. The second-order valence-corrected chi connectivity index (χ2v) is 5.67. The average Bonchev–Trinajstić information content (AvgIpc) is 2.15. The zero-order valence-corrected chi connectivity index (χ0v) is 10.1. The third-order valence-corrected chi connectivity index (χ3v) is 3.43. The molecule has 2 rings (SSSR count). The third-order valence-electron chi connectivity index (χ3n) is 3.43. The van der Waals surface area contributed by atoms with E-state index < -0.39 is 0 Å². The first-order valence-corrected chi connectivity index (χ1v) is 5.93. The Bertz CT molecular complexity index is 307. The van der Waals surface area contributed by atoms with E-state index in [-0.39, 0.29) is 5.54 Å². The maximum Gasteiger partial charge on any atom is 0.0315 e. The molecule has 84 valence electrons. The standard InChI is InChI=1S/C13H22N2/c1-13(2,3)15-8-4-5-10-6-7-11(14)9-12(10)15/h7,9-10H,4-6,8,14H2,1-3H3. The monoisotopic (exact) mass is 206 g/mol. The predicted molar refractivity (Wildman–Crippen MR) is 64.2 cm³/mol. The van der Waals surface area contributed by atoms with Crippen LogP contribution >= 0.6 is 0 Å². The molecule has 1 saturated heterocycles. The highest BCUT2D eigenvalue weighted by Crippen LogP contribution is 2.37. The van der Waals surface area contributed by atoms with Crippen molar-refractivity contribution in [2.24, 2.45) is 11.7 Å². The van der Waals surface area contributed by atoms with Crippen LogP contribution in [0.4, 0.5) is 0 Å². The lowest BCUT2D eigenvalue weighted by molar-refractivity contribution is 0.131. The van der Waals surface area contributed by atoms with Gasteiger partial charge in [-0.15, -0.1) is 0 Å². The molecular formula is C13H22N2. The van der Waals surface area contributed by atoms with Crippen LogP contribution in [0.2, 0.25) is 0 Å². The lowest BCUT2D eigenvalue weighted by Crippen LogP contribution is -2.46. The predicted octanol–water partition coefficient (Wildman–Crippen LogP) is 2.63. The molecule has 2 N–H and O–H groups in total. The largest absolute Gasteiger partial charge is 0.399 e. The van der Waals surface area contributed by atoms with Crippen molar-refractivity contribution in [3.63, 3.8) is 0 Å². The van der Waals surface area contributed by atoms with Crippen molar-refractivity contribution in [2.75, 3.05) is 6.54 Å². The molecule has 2 nitrogen and oxygen atoms in total. The van der Waals surface area contributed by atoms with Gasteiger partial charge in [0.15, 0.2) is 0 Å². The van der Waals surface area contributed by atoms with Crippen LogP contribution in [0.3, 0.4) is 0 Å². The fraction of sp³-hybridized carbons (Fsp3) is 0.692. The fourth-order valence-corrected chi connectivity index (χ4v) is 2.66. The summed E-state index contributed by atoms with van der Waals surface area (Å²) in [6.07, 6.45) is 8.11. The smallest absolute Gasteiger partial charge is 0.0315 e. The first-order chi connectivity index (χ1) is 6.98. The number of allylic oxidation sites excluding steroid dienone is 3. The van der Waals surface area contributed by atoms with Gasteiger partial charge in [-0.2, -0.15) is 0 Å². The molecule has 0 aromatic carbocycles. The molecule has 1 atom stereocenters. The van der Waals surface area contributed by atoms with Crippen molar-refractivity contribution >= 4 is 0 Å². The lowest BCUT2D eigenvalue weighted by atomic mass is 9.84. The van der Waals surface area contributed by atoms with E-state index in [4.69, 9.17) is 5.73 Å². The second-order valence-electron chi connectivity index (χ2n) is 5.67. The van der Waals surface area contributed by atoms with Crippen LogP contribution in [0.5, 0.6) is 0 Å². The number of hydrogen-bond donors (Lipinski definition) is 1. The second kappa shape index (κ2) is 3.58. The summed E-state index contributed by atoms with van der Waals surface area (Å²) < 4.78 is 0. The highest BCUT2D eigenvalue weighted by Gasteiger charge is 2.32. The minimum atomic E-state index is 0.224. The topological polar surface area (TPSA) is 29.3 Å². The van der Waals surface area contributed by atoms with Gasteiger partial charge in [0.25, 0.3) is 0 Å². The Morgan fingerprint density at radius 3 is 2.80 bits per heavy atom. The van der Waals surface area contributed by atoms with Crippen molar-refractivity contribution in [2.45, 2.75) is 45.6 Å². The van der Waals surface area contributed by atoms with Crippen LogP contribution < -0.4 is 5.73 Å². The third kappa shape index (κ3) is 2.04. The maximum absolute atomic E-state index is 5.91. The lowest BCUT2D eigenvalue weighted by Gasteiger charge is -2.46. The molecular weight excluding hydrogens is 184 g/mol. The molecule has 0 aromatic heterocycles. The first kappa shape index (κ1) is 10.6. The highest BCUT2D eigenvalue weighted by molar-refractivity contribution is 5.28. The SMILES string of the molecule is CC(C)(C)N1CCCC2CC=C(N)C=C21. The molecule has 2 aliphatic rings. The molecule has 0 aromatic rings. The van der Waals surface area contributed by atoms with E-state index >= 15 is 0 Å².